The minimum Gasteiger partial charge on any atom is -0.490 e. The van der Waals surface area contributed by atoms with Gasteiger partial charge < -0.3 is 4.74 Å². The van der Waals surface area contributed by atoms with Crippen LogP contribution in [0, 0.1) is 10.8 Å². The summed E-state index contributed by atoms with van der Waals surface area (Å²) in [4.78, 5) is 13.8. The average Bonchev–Trinajstić information content (AvgIpc) is 3.55. The molecule has 0 saturated heterocycles. The molecule has 2 saturated carbocycles. The Morgan fingerprint density at radius 3 is 2.26 bits per heavy atom. The van der Waals surface area contributed by atoms with Crippen molar-refractivity contribution in [3.05, 3.63) is 53.1 Å². The summed E-state index contributed by atoms with van der Waals surface area (Å²) in [7, 11) is -3.85. The van der Waals surface area contributed by atoms with Crippen LogP contribution in [0.3, 0.4) is 0 Å². The van der Waals surface area contributed by atoms with E-state index in [-0.39, 0.29) is 28.4 Å². The van der Waals surface area contributed by atoms with Gasteiger partial charge in [0, 0.05) is 5.02 Å². The molecule has 2 aromatic rings. The van der Waals surface area contributed by atoms with Crippen molar-refractivity contribution in [1.29, 1.82) is 0 Å². The van der Waals surface area contributed by atoms with Gasteiger partial charge in [0.15, 0.2) is 9.84 Å². The van der Waals surface area contributed by atoms with Gasteiger partial charge in [0.25, 0.3) is 0 Å². The van der Waals surface area contributed by atoms with Crippen LogP contribution in [0.2, 0.25) is 5.02 Å². The van der Waals surface area contributed by atoms with Gasteiger partial charge in [0.05, 0.1) is 16.0 Å². The first-order chi connectivity index (χ1) is 16.2. The number of fused-ring (bicyclic) bond motifs is 1. The first-order valence-corrected chi connectivity index (χ1v) is 13.2. The minimum absolute atomic E-state index is 0.00653. The van der Waals surface area contributed by atoms with Crippen molar-refractivity contribution in [1.82, 2.24) is 0 Å². The number of carbonyl (C=O) groups is 1. The van der Waals surface area contributed by atoms with Crippen molar-refractivity contribution >= 4 is 33.0 Å². The number of anilines is 1. The molecule has 0 N–H and O–H groups in total. The summed E-state index contributed by atoms with van der Waals surface area (Å²) in [5.74, 6) is -0.626. The number of rotatable bonds is 4. The highest BCUT2D eigenvalue weighted by Gasteiger charge is 2.67. The molecule has 3 aliphatic rings. The molecule has 1 heterocycles. The number of benzene rings is 2. The number of hydrogen-bond acceptors (Lipinski definition) is 4. The molecule has 5 nitrogen and oxygen atoms in total. The van der Waals surface area contributed by atoms with Crippen LogP contribution in [0.15, 0.2) is 47.4 Å². The van der Waals surface area contributed by atoms with E-state index in [1.165, 1.54) is 56.3 Å². The van der Waals surface area contributed by atoms with E-state index in [2.05, 4.69) is 0 Å². The molecule has 0 unspecified atom stereocenters. The highest BCUT2D eigenvalue weighted by atomic mass is 35.5. The first kappa shape index (κ1) is 24.4. The van der Waals surface area contributed by atoms with Crippen LogP contribution in [0.4, 0.5) is 18.9 Å². The molecule has 1 amide bonds. The van der Waals surface area contributed by atoms with Gasteiger partial charge in [-0.2, -0.15) is 13.2 Å². The van der Waals surface area contributed by atoms with Crippen molar-refractivity contribution < 1.29 is 31.1 Å². The molecule has 188 valence electrons. The highest BCUT2D eigenvalue weighted by molar-refractivity contribution is 7.92. The zero-order valence-corrected chi connectivity index (χ0v) is 20.9. The number of alkyl halides is 3. The lowest BCUT2D eigenvalue weighted by molar-refractivity contribution is -0.138. The van der Waals surface area contributed by atoms with Crippen molar-refractivity contribution in [3.8, 4) is 5.75 Å². The maximum absolute atomic E-state index is 13.9. The number of amides is 1. The van der Waals surface area contributed by atoms with Crippen molar-refractivity contribution in [2.45, 2.75) is 55.3 Å². The van der Waals surface area contributed by atoms with Crippen LogP contribution in [0.5, 0.6) is 5.75 Å². The van der Waals surface area contributed by atoms with Crippen LogP contribution in [-0.2, 0) is 19.4 Å². The maximum atomic E-state index is 13.9. The van der Waals surface area contributed by atoms with Crippen molar-refractivity contribution in [2.75, 3.05) is 18.1 Å². The van der Waals surface area contributed by atoms with Gasteiger partial charge in [-0.25, -0.2) is 8.42 Å². The Balaban J connectivity index is 1.61. The molecule has 2 aromatic carbocycles. The van der Waals surface area contributed by atoms with E-state index in [4.69, 9.17) is 16.3 Å². The molecule has 10 heteroatoms. The average molecular weight is 528 g/mol. The number of nitrogens with zero attached hydrogens (tertiary/aromatic N) is 1. The maximum Gasteiger partial charge on any atom is 0.406 e. The second kappa shape index (κ2) is 7.62. The molecule has 35 heavy (non-hydrogen) atoms. The quantitative estimate of drug-likeness (QED) is 0.497. The molecule has 1 aliphatic heterocycles. The Bertz CT molecular complexity index is 1290. The molecule has 2 aliphatic carbocycles. The standard InChI is InChI=1S/C25H25ClF3NO4S/c1-22(2)15-34-20-11-16(3-8-19(20)30(21(22)31)14-25(27,28)29)24(12-23(13-24)9-10-23)35(32,33)18-6-4-17(26)5-7-18/h3-8,11H,9-10,12-15H2,1-2H3. The van der Waals surface area contributed by atoms with Gasteiger partial charge >= 0.3 is 6.18 Å². The summed E-state index contributed by atoms with van der Waals surface area (Å²) in [6.07, 6.45) is -1.85. The third-order valence-electron chi connectivity index (χ3n) is 7.44. The number of halogens is 4. The molecule has 0 bridgehead atoms. The largest absolute Gasteiger partial charge is 0.490 e. The zero-order valence-electron chi connectivity index (χ0n) is 19.3. The monoisotopic (exact) mass is 527 g/mol. The van der Waals surface area contributed by atoms with E-state index in [0.717, 1.165) is 12.8 Å². The Morgan fingerprint density at radius 1 is 1.06 bits per heavy atom. The molecular formula is C25H25ClF3NO4S. The molecule has 1 spiro atoms. The van der Waals surface area contributed by atoms with E-state index < -0.39 is 38.6 Å². The summed E-state index contributed by atoms with van der Waals surface area (Å²) in [5, 5.41) is 0.417. The Kier molecular flexibility index (Phi) is 5.32. The summed E-state index contributed by atoms with van der Waals surface area (Å²) in [5.41, 5.74) is -0.747. The van der Waals surface area contributed by atoms with E-state index in [1.807, 2.05) is 0 Å². The minimum atomic E-state index is -4.61. The summed E-state index contributed by atoms with van der Waals surface area (Å²) in [6.45, 7) is 1.47. The molecular weight excluding hydrogens is 503 g/mol. The van der Waals surface area contributed by atoms with Crippen LogP contribution >= 0.6 is 11.6 Å². The lowest BCUT2D eigenvalue weighted by atomic mass is 9.67. The smallest absolute Gasteiger partial charge is 0.406 e. The second-order valence-electron chi connectivity index (χ2n) is 10.7. The molecule has 2 fully saturated rings. The Morgan fingerprint density at radius 2 is 1.69 bits per heavy atom. The van der Waals surface area contributed by atoms with Gasteiger partial charge in [-0.1, -0.05) is 17.7 Å². The Labute approximate surface area is 207 Å². The fourth-order valence-electron chi connectivity index (χ4n) is 5.35. The topological polar surface area (TPSA) is 63.7 Å². The summed E-state index contributed by atoms with van der Waals surface area (Å²) in [6, 6.07) is 10.4. The van der Waals surface area contributed by atoms with E-state index >= 15 is 0 Å². The lowest BCUT2D eigenvalue weighted by Gasteiger charge is -2.48. The van der Waals surface area contributed by atoms with Gasteiger partial charge in [-0.15, -0.1) is 0 Å². The van der Waals surface area contributed by atoms with Gasteiger partial charge in [0.2, 0.25) is 5.91 Å². The number of ether oxygens (including phenoxy) is 1. The third-order valence-corrected chi connectivity index (χ3v) is 10.1. The summed E-state index contributed by atoms with van der Waals surface area (Å²) >= 11 is 5.96. The predicted molar refractivity (Wildman–Crippen MR) is 125 cm³/mol. The number of hydrogen-bond donors (Lipinski definition) is 0. The van der Waals surface area contributed by atoms with E-state index in [0.29, 0.717) is 28.3 Å². The van der Waals surface area contributed by atoms with E-state index in [1.54, 1.807) is 0 Å². The number of sulfone groups is 1. The predicted octanol–water partition coefficient (Wildman–Crippen LogP) is 5.90. The fourth-order valence-corrected chi connectivity index (χ4v) is 7.85. The van der Waals surface area contributed by atoms with Crippen LogP contribution in [0.25, 0.3) is 0 Å². The highest BCUT2D eigenvalue weighted by Crippen LogP contribution is 2.71. The second-order valence-corrected chi connectivity index (χ2v) is 13.4. The summed E-state index contributed by atoms with van der Waals surface area (Å²) < 4.78 is 72.5. The molecule has 0 aromatic heterocycles. The van der Waals surface area contributed by atoms with Crippen LogP contribution < -0.4 is 9.64 Å². The number of carbonyl (C=O) groups excluding carboxylic acids is 1. The van der Waals surface area contributed by atoms with Gasteiger partial charge in [-0.05, 0) is 86.9 Å². The van der Waals surface area contributed by atoms with E-state index in [9.17, 15) is 26.4 Å². The third kappa shape index (κ3) is 4.00. The zero-order chi connectivity index (χ0) is 25.4. The molecule has 0 atom stereocenters. The molecule has 0 radical (unpaired) electrons. The van der Waals surface area contributed by atoms with Crippen LogP contribution in [-0.4, -0.2) is 33.7 Å². The SMILES string of the molecule is CC1(C)COc2cc(C3(S(=O)(=O)c4ccc(Cl)cc4)CC4(CC4)C3)ccc2N(CC(F)(F)F)C1=O. The fraction of sp³-hybridized carbons (Fsp3) is 0.480. The van der Waals surface area contributed by atoms with Crippen molar-refractivity contribution in [3.63, 3.8) is 0 Å². The Hall–Kier alpha value is -2.26. The van der Waals surface area contributed by atoms with Gasteiger partial charge in [0.1, 0.15) is 23.6 Å². The molecule has 5 rings (SSSR count). The van der Waals surface area contributed by atoms with Gasteiger partial charge in [-0.3, -0.25) is 9.69 Å². The lowest BCUT2D eigenvalue weighted by Crippen LogP contribution is -2.49. The van der Waals surface area contributed by atoms with Crippen molar-refractivity contribution in [2.24, 2.45) is 10.8 Å². The normalized spacial score (nSPS) is 22.1. The first-order valence-electron chi connectivity index (χ1n) is 11.3. The van der Waals surface area contributed by atoms with Crippen LogP contribution in [0.1, 0.15) is 45.1 Å².